The van der Waals surface area contributed by atoms with Crippen LogP contribution >= 0.6 is 0 Å². The van der Waals surface area contributed by atoms with Crippen molar-refractivity contribution in [2.45, 2.75) is 57.6 Å². The maximum absolute atomic E-state index is 11.9. The third kappa shape index (κ3) is 3.19. The number of aliphatic hydroxyl groups excluding tert-OH is 1. The molecule has 1 rings (SSSR count). The van der Waals surface area contributed by atoms with E-state index < -0.39 is 5.54 Å². The van der Waals surface area contributed by atoms with Crippen LogP contribution in [-0.4, -0.2) is 29.2 Å². The van der Waals surface area contributed by atoms with Crippen LogP contribution in [0.2, 0.25) is 0 Å². The molecule has 4 heteroatoms. The predicted octanol–water partition coefficient (Wildman–Crippen LogP) is 0.781. The number of amides is 1. The molecule has 0 radical (unpaired) electrons. The number of nitrogens with one attached hydrogen (secondary N) is 1. The van der Waals surface area contributed by atoms with Gasteiger partial charge in [-0.1, -0.05) is 13.8 Å². The molecule has 0 aromatic rings. The Balaban J connectivity index is 2.34. The van der Waals surface area contributed by atoms with E-state index in [0.717, 1.165) is 19.3 Å². The highest BCUT2D eigenvalue weighted by Crippen LogP contribution is 2.24. The molecule has 1 fully saturated rings. The van der Waals surface area contributed by atoms with Gasteiger partial charge in [0, 0.05) is 6.54 Å². The Kier molecular flexibility index (Phi) is 4.74. The first-order valence-corrected chi connectivity index (χ1v) is 6.27. The number of nitrogens with two attached hydrogens (primary N) is 1. The Morgan fingerprint density at radius 1 is 1.44 bits per heavy atom. The van der Waals surface area contributed by atoms with Crippen molar-refractivity contribution < 1.29 is 9.90 Å². The maximum atomic E-state index is 11.9. The summed E-state index contributed by atoms with van der Waals surface area (Å²) in [6.45, 7) is 4.51. The summed E-state index contributed by atoms with van der Waals surface area (Å²) < 4.78 is 0. The highest BCUT2D eigenvalue weighted by molar-refractivity contribution is 5.85. The number of carbonyl (C=O) groups excluding carboxylic acids is 1. The van der Waals surface area contributed by atoms with E-state index >= 15 is 0 Å². The molecule has 1 aliphatic rings. The molecule has 1 amide bonds. The molecular formula is C12H24N2O2. The Labute approximate surface area is 97.6 Å². The maximum Gasteiger partial charge on any atom is 0.240 e. The van der Waals surface area contributed by atoms with Crippen molar-refractivity contribution in [1.29, 1.82) is 0 Å². The van der Waals surface area contributed by atoms with Crippen LogP contribution in [0.1, 0.15) is 46.0 Å². The second-order valence-corrected chi connectivity index (χ2v) is 4.91. The first kappa shape index (κ1) is 13.5. The van der Waals surface area contributed by atoms with Gasteiger partial charge in [0.15, 0.2) is 0 Å². The van der Waals surface area contributed by atoms with E-state index in [0.29, 0.717) is 25.3 Å². The fourth-order valence-corrected chi connectivity index (χ4v) is 2.22. The molecule has 0 bridgehead atoms. The van der Waals surface area contributed by atoms with Crippen molar-refractivity contribution in [2.75, 3.05) is 6.54 Å². The summed E-state index contributed by atoms with van der Waals surface area (Å²) in [5.41, 5.74) is 5.27. The van der Waals surface area contributed by atoms with Gasteiger partial charge in [-0.05, 0) is 38.0 Å². The lowest BCUT2D eigenvalue weighted by molar-refractivity contribution is -0.126. The van der Waals surface area contributed by atoms with Crippen LogP contribution in [0.25, 0.3) is 0 Å². The molecule has 2 unspecified atom stereocenters. The molecule has 0 aromatic carbocycles. The quantitative estimate of drug-likeness (QED) is 0.651. The topological polar surface area (TPSA) is 75.4 Å². The van der Waals surface area contributed by atoms with E-state index in [4.69, 9.17) is 5.73 Å². The summed E-state index contributed by atoms with van der Waals surface area (Å²) in [5, 5.41) is 12.3. The Morgan fingerprint density at radius 2 is 2.06 bits per heavy atom. The summed E-state index contributed by atoms with van der Waals surface area (Å²) >= 11 is 0. The monoisotopic (exact) mass is 228 g/mol. The van der Waals surface area contributed by atoms with Crippen molar-refractivity contribution in [3.05, 3.63) is 0 Å². The number of rotatable bonds is 5. The van der Waals surface area contributed by atoms with Gasteiger partial charge in [0.2, 0.25) is 5.91 Å². The second kappa shape index (κ2) is 5.64. The average molecular weight is 228 g/mol. The molecule has 2 atom stereocenters. The number of carbonyl (C=O) groups is 1. The summed E-state index contributed by atoms with van der Waals surface area (Å²) in [6, 6.07) is 0. The Morgan fingerprint density at radius 3 is 2.50 bits per heavy atom. The molecule has 1 aliphatic carbocycles. The van der Waals surface area contributed by atoms with Gasteiger partial charge in [0.1, 0.15) is 0 Å². The van der Waals surface area contributed by atoms with E-state index in [9.17, 15) is 9.90 Å². The number of hydrogen-bond donors (Lipinski definition) is 3. The molecule has 0 aromatic heterocycles. The Bertz CT molecular complexity index is 239. The smallest absolute Gasteiger partial charge is 0.240 e. The lowest BCUT2D eigenvalue weighted by Crippen LogP contribution is -2.53. The molecule has 16 heavy (non-hydrogen) atoms. The largest absolute Gasteiger partial charge is 0.393 e. The van der Waals surface area contributed by atoms with Crippen LogP contribution in [0.15, 0.2) is 0 Å². The van der Waals surface area contributed by atoms with E-state index in [1.807, 2.05) is 13.8 Å². The highest BCUT2D eigenvalue weighted by atomic mass is 16.3. The fraction of sp³-hybridized carbons (Fsp3) is 0.917. The average Bonchev–Trinajstić information content (AvgIpc) is 2.70. The van der Waals surface area contributed by atoms with Gasteiger partial charge in [0.25, 0.3) is 0 Å². The normalized spacial score (nSPS) is 25.8. The zero-order valence-electron chi connectivity index (χ0n) is 10.3. The van der Waals surface area contributed by atoms with Crippen molar-refractivity contribution in [3.8, 4) is 0 Å². The molecule has 0 spiro atoms. The highest BCUT2D eigenvalue weighted by Gasteiger charge is 2.31. The van der Waals surface area contributed by atoms with Crippen LogP contribution in [0.3, 0.4) is 0 Å². The summed E-state index contributed by atoms with van der Waals surface area (Å²) in [4.78, 5) is 11.9. The van der Waals surface area contributed by atoms with E-state index in [1.54, 1.807) is 0 Å². The minimum atomic E-state index is -0.725. The zero-order valence-corrected chi connectivity index (χ0v) is 10.3. The van der Waals surface area contributed by atoms with Gasteiger partial charge in [-0.2, -0.15) is 0 Å². The molecule has 4 nitrogen and oxygen atoms in total. The zero-order chi connectivity index (χ0) is 12.2. The first-order chi connectivity index (χ1) is 7.51. The second-order valence-electron chi connectivity index (χ2n) is 4.91. The number of aliphatic hydroxyl groups is 1. The molecule has 1 saturated carbocycles. The van der Waals surface area contributed by atoms with E-state index in [1.165, 1.54) is 0 Å². The van der Waals surface area contributed by atoms with Crippen LogP contribution in [0.4, 0.5) is 0 Å². The molecule has 0 heterocycles. The van der Waals surface area contributed by atoms with Gasteiger partial charge in [-0.3, -0.25) is 4.79 Å². The minimum Gasteiger partial charge on any atom is -0.393 e. The molecular weight excluding hydrogens is 204 g/mol. The third-order valence-corrected chi connectivity index (χ3v) is 3.78. The lowest BCUT2D eigenvalue weighted by atomic mass is 9.93. The third-order valence-electron chi connectivity index (χ3n) is 3.78. The van der Waals surface area contributed by atoms with Crippen LogP contribution in [0, 0.1) is 5.92 Å². The lowest BCUT2D eigenvalue weighted by Gasteiger charge is -2.26. The van der Waals surface area contributed by atoms with Gasteiger partial charge in [-0.15, -0.1) is 0 Å². The van der Waals surface area contributed by atoms with Crippen LogP contribution in [-0.2, 0) is 4.79 Å². The SMILES string of the molecule is CCC(N)(CC)C(=O)NCC1CCC(O)C1. The van der Waals surface area contributed by atoms with Crippen molar-refractivity contribution >= 4 is 5.91 Å². The van der Waals surface area contributed by atoms with Crippen LogP contribution in [0.5, 0.6) is 0 Å². The van der Waals surface area contributed by atoms with E-state index in [-0.39, 0.29) is 12.0 Å². The van der Waals surface area contributed by atoms with Gasteiger partial charge < -0.3 is 16.2 Å². The predicted molar refractivity (Wildman–Crippen MR) is 63.9 cm³/mol. The fourth-order valence-electron chi connectivity index (χ4n) is 2.22. The molecule has 94 valence electrons. The first-order valence-electron chi connectivity index (χ1n) is 6.27. The van der Waals surface area contributed by atoms with Gasteiger partial charge in [0.05, 0.1) is 11.6 Å². The van der Waals surface area contributed by atoms with Gasteiger partial charge >= 0.3 is 0 Å². The van der Waals surface area contributed by atoms with Crippen molar-refractivity contribution in [1.82, 2.24) is 5.32 Å². The van der Waals surface area contributed by atoms with E-state index in [2.05, 4.69) is 5.32 Å². The number of hydrogen-bond acceptors (Lipinski definition) is 3. The molecule has 4 N–H and O–H groups in total. The molecule has 0 saturated heterocycles. The minimum absolute atomic E-state index is 0.0566. The summed E-state index contributed by atoms with van der Waals surface area (Å²) in [5.74, 6) is 0.357. The van der Waals surface area contributed by atoms with Gasteiger partial charge in [-0.25, -0.2) is 0 Å². The van der Waals surface area contributed by atoms with Crippen molar-refractivity contribution in [3.63, 3.8) is 0 Å². The van der Waals surface area contributed by atoms with Crippen molar-refractivity contribution in [2.24, 2.45) is 11.7 Å². The Hall–Kier alpha value is -0.610. The molecule has 0 aliphatic heterocycles. The van der Waals surface area contributed by atoms with Crippen LogP contribution < -0.4 is 11.1 Å². The summed E-state index contributed by atoms with van der Waals surface area (Å²) in [6.07, 6.45) is 3.79. The summed E-state index contributed by atoms with van der Waals surface area (Å²) in [7, 11) is 0. The standard InChI is InChI=1S/C12H24N2O2/c1-3-12(13,4-2)11(16)14-8-9-5-6-10(15)7-9/h9-10,15H,3-8,13H2,1-2H3,(H,14,16).